The molecule has 0 saturated carbocycles. The van der Waals surface area contributed by atoms with Crippen molar-refractivity contribution in [2.24, 2.45) is 0 Å². The van der Waals surface area contributed by atoms with Gasteiger partial charge in [-0.3, -0.25) is 0 Å². The SMILES string of the molecule is CC(OO)(Oc1ccccc1)Oc1ccccc1. The standard InChI is InChI=1S/C14H14O4/c1-14(18-15,16-12-8-4-2-5-9-12)17-13-10-6-3-7-11-13/h2-11,15H,1H3. The summed E-state index contributed by atoms with van der Waals surface area (Å²) < 4.78 is 10.9. The van der Waals surface area contributed by atoms with E-state index >= 15 is 0 Å². The van der Waals surface area contributed by atoms with Gasteiger partial charge in [0.15, 0.2) is 0 Å². The van der Waals surface area contributed by atoms with Crippen LogP contribution in [0.1, 0.15) is 6.92 Å². The molecule has 0 amide bonds. The molecule has 0 atom stereocenters. The van der Waals surface area contributed by atoms with Gasteiger partial charge in [0, 0.05) is 6.92 Å². The first kappa shape index (κ1) is 12.4. The lowest BCUT2D eigenvalue weighted by molar-refractivity contribution is -0.438. The van der Waals surface area contributed by atoms with E-state index in [0.717, 1.165) is 0 Å². The third kappa shape index (κ3) is 3.23. The van der Waals surface area contributed by atoms with Gasteiger partial charge in [0.25, 0.3) is 0 Å². The number of hydrogen-bond acceptors (Lipinski definition) is 4. The van der Waals surface area contributed by atoms with Gasteiger partial charge in [-0.2, -0.15) is 4.89 Å². The zero-order valence-corrected chi connectivity index (χ0v) is 9.95. The zero-order valence-electron chi connectivity index (χ0n) is 9.95. The number of ether oxygens (including phenoxy) is 2. The maximum atomic E-state index is 8.96. The van der Waals surface area contributed by atoms with E-state index < -0.39 is 5.97 Å². The average Bonchev–Trinajstić information content (AvgIpc) is 2.41. The molecule has 0 unspecified atom stereocenters. The monoisotopic (exact) mass is 246 g/mol. The van der Waals surface area contributed by atoms with Gasteiger partial charge >= 0.3 is 5.97 Å². The van der Waals surface area contributed by atoms with Gasteiger partial charge in [0.05, 0.1) is 0 Å². The fourth-order valence-electron chi connectivity index (χ4n) is 1.46. The van der Waals surface area contributed by atoms with Gasteiger partial charge in [0.1, 0.15) is 11.5 Å². The van der Waals surface area contributed by atoms with E-state index in [0.29, 0.717) is 11.5 Å². The minimum Gasteiger partial charge on any atom is -0.428 e. The Hall–Kier alpha value is -2.04. The summed E-state index contributed by atoms with van der Waals surface area (Å²) in [6.07, 6.45) is 0. The first-order valence-corrected chi connectivity index (χ1v) is 5.52. The van der Waals surface area contributed by atoms with Crippen molar-refractivity contribution in [2.75, 3.05) is 0 Å². The van der Waals surface area contributed by atoms with Crippen LogP contribution in [0.25, 0.3) is 0 Å². The minimum atomic E-state index is -1.59. The topological polar surface area (TPSA) is 47.9 Å². The summed E-state index contributed by atoms with van der Waals surface area (Å²) in [4.78, 5) is 4.30. The van der Waals surface area contributed by atoms with Crippen LogP contribution in [-0.2, 0) is 4.89 Å². The highest BCUT2D eigenvalue weighted by molar-refractivity contribution is 5.23. The maximum Gasteiger partial charge on any atom is 0.395 e. The molecule has 94 valence electrons. The predicted octanol–water partition coefficient (Wildman–Crippen LogP) is 3.31. The molecule has 0 aliphatic heterocycles. The Kier molecular flexibility index (Phi) is 3.82. The first-order valence-electron chi connectivity index (χ1n) is 5.52. The molecule has 0 aromatic heterocycles. The second-order valence-corrected chi connectivity index (χ2v) is 3.78. The van der Waals surface area contributed by atoms with Gasteiger partial charge < -0.3 is 9.47 Å². The van der Waals surface area contributed by atoms with Crippen LogP contribution in [0.15, 0.2) is 60.7 Å². The molecule has 1 N–H and O–H groups in total. The molecule has 2 aromatic rings. The van der Waals surface area contributed by atoms with Crippen LogP contribution in [-0.4, -0.2) is 11.2 Å². The molecule has 0 fully saturated rings. The normalized spacial score (nSPS) is 11.0. The Bertz CT molecular complexity index is 428. The largest absolute Gasteiger partial charge is 0.428 e. The molecule has 18 heavy (non-hydrogen) atoms. The molecule has 4 nitrogen and oxygen atoms in total. The third-order valence-corrected chi connectivity index (χ3v) is 2.26. The van der Waals surface area contributed by atoms with Crippen molar-refractivity contribution in [1.29, 1.82) is 0 Å². The Morgan fingerprint density at radius 3 is 1.50 bits per heavy atom. The van der Waals surface area contributed by atoms with Crippen molar-refractivity contribution >= 4 is 0 Å². The minimum absolute atomic E-state index is 0.532. The van der Waals surface area contributed by atoms with E-state index in [4.69, 9.17) is 14.7 Å². The Labute approximate surface area is 105 Å². The quantitative estimate of drug-likeness (QED) is 0.499. The van der Waals surface area contributed by atoms with Crippen molar-refractivity contribution in [3.05, 3.63) is 60.7 Å². The van der Waals surface area contributed by atoms with Gasteiger partial charge in [0.2, 0.25) is 0 Å². The molecule has 0 bridgehead atoms. The molecule has 0 heterocycles. The van der Waals surface area contributed by atoms with Crippen LogP contribution >= 0.6 is 0 Å². The third-order valence-electron chi connectivity index (χ3n) is 2.26. The average molecular weight is 246 g/mol. The van der Waals surface area contributed by atoms with Crippen LogP contribution in [0, 0.1) is 0 Å². The Balaban J connectivity index is 2.11. The highest BCUT2D eigenvalue weighted by Crippen LogP contribution is 2.22. The van der Waals surface area contributed by atoms with Crippen molar-refractivity contribution in [1.82, 2.24) is 0 Å². The smallest absolute Gasteiger partial charge is 0.395 e. The predicted molar refractivity (Wildman–Crippen MR) is 66.3 cm³/mol. The van der Waals surface area contributed by atoms with Gasteiger partial charge in [-0.1, -0.05) is 36.4 Å². The molecular formula is C14H14O4. The second-order valence-electron chi connectivity index (χ2n) is 3.78. The van der Waals surface area contributed by atoms with E-state index in [2.05, 4.69) is 4.89 Å². The number of benzene rings is 2. The summed E-state index contributed by atoms with van der Waals surface area (Å²) in [5.74, 6) is -0.530. The van der Waals surface area contributed by atoms with Crippen LogP contribution in [0.5, 0.6) is 11.5 Å². The van der Waals surface area contributed by atoms with E-state index in [1.807, 2.05) is 36.4 Å². The summed E-state index contributed by atoms with van der Waals surface area (Å²) in [7, 11) is 0. The summed E-state index contributed by atoms with van der Waals surface area (Å²) in [6.45, 7) is 1.48. The van der Waals surface area contributed by atoms with Gasteiger partial charge in [-0.15, -0.1) is 0 Å². The zero-order chi connectivity index (χ0) is 12.8. The van der Waals surface area contributed by atoms with Crippen LogP contribution in [0.4, 0.5) is 0 Å². The summed E-state index contributed by atoms with van der Waals surface area (Å²) in [6, 6.07) is 18.0. The molecule has 0 radical (unpaired) electrons. The van der Waals surface area contributed by atoms with Crippen molar-refractivity contribution in [3.8, 4) is 11.5 Å². The molecule has 0 spiro atoms. The lowest BCUT2D eigenvalue weighted by Crippen LogP contribution is -2.41. The van der Waals surface area contributed by atoms with Crippen LogP contribution in [0.3, 0.4) is 0 Å². The Morgan fingerprint density at radius 1 is 0.778 bits per heavy atom. The van der Waals surface area contributed by atoms with E-state index in [1.54, 1.807) is 24.3 Å². The molecule has 0 aliphatic carbocycles. The molecule has 0 aliphatic rings. The van der Waals surface area contributed by atoms with E-state index in [9.17, 15) is 0 Å². The highest BCUT2D eigenvalue weighted by Gasteiger charge is 2.30. The van der Waals surface area contributed by atoms with Crippen molar-refractivity contribution in [2.45, 2.75) is 12.9 Å². The molecule has 4 heteroatoms. The number of para-hydroxylation sites is 2. The second kappa shape index (κ2) is 5.53. The summed E-state index contributed by atoms with van der Waals surface area (Å²) in [5.41, 5.74) is 0. The first-order chi connectivity index (χ1) is 8.72. The molecule has 0 saturated heterocycles. The fraction of sp³-hybridized carbons (Fsp3) is 0.143. The van der Waals surface area contributed by atoms with E-state index in [1.165, 1.54) is 6.92 Å². The van der Waals surface area contributed by atoms with Crippen molar-refractivity contribution < 1.29 is 19.6 Å². The van der Waals surface area contributed by atoms with Crippen LogP contribution in [0.2, 0.25) is 0 Å². The summed E-state index contributed by atoms with van der Waals surface area (Å²) in [5, 5.41) is 8.96. The van der Waals surface area contributed by atoms with Gasteiger partial charge in [-0.25, -0.2) is 5.26 Å². The lowest BCUT2D eigenvalue weighted by atomic mass is 10.3. The number of rotatable bonds is 5. The molecule has 2 aromatic carbocycles. The van der Waals surface area contributed by atoms with Crippen LogP contribution < -0.4 is 9.47 Å². The van der Waals surface area contributed by atoms with E-state index in [-0.39, 0.29) is 0 Å². The Morgan fingerprint density at radius 2 is 1.17 bits per heavy atom. The number of hydrogen-bond donors (Lipinski definition) is 1. The van der Waals surface area contributed by atoms with Gasteiger partial charge in [-0.05, 0) is 24.3 Å². The lowest BCUT2D eigenvalue weighted by Gasteiger charge is -2.27. The highest BCUT2D eigenvalue weighted by atomic mass is 17.2. The molecule has 2 rings (SSSR count). The molecular weight excluding hydrogens is 232 g/mol. The summed E-state index contributed by atoms with van der Waals surface area (Å²) >= 11 is 0. The van der Waals surface area contributed by atoms with Crippen molar-refractivity contribution in [3.63, 3.8) is 0 Å². The fourth-order valence-corrected chi connectivity index (χ4v) is 1.46. The maximum absolute atomic E-state index is 8.96.